The Bertz CT molecular complexity index is 1350. The Hall–Kier alpha value is -3.98. The number of alkyl halides is 9. The zero-order valence-electron chi connectivity index (χ0n) is 17.5. The van der Waals surface area contributed by atoms with Crippen molar-refractivity contribution in [3.8, 4) is 23.0 Å². The number of anilines is 2. The normalized spacial score (nSPS) is 12.5. The minimum absolute atomic E-state index is 0.0260. The van der Waals surface area contributed by atoms with Gasteiger partial charge in [-0.3, -0.25) is 0 Å². The van der Waals surface area contributed by atoms with Crippen molar-refractivity contribution in [3.05, 3.63) is 70.5 Å². The van der Waals surface area contributed by atoms with E-state index in [0.717, 1.165) is 0 Å². The fourth-order valence-electron chi connectivity index (χ4n) is 3.13. The molecule has 0 aliphatic carbocycles. The van der Waals surface area contributed by atoms with E-state index in [1.54, 1.807) is 0 Å². The van der Waals surface area contributed by atoms with Crippen molar-refractivity contribution in [2.45, 2.75) is 18.5 Å². The summed E-state index contributed by atoms with van der Waals surface area (Å²) < 4.78 is 172. The maximum Gasteiger partial charge on any atom is 0.421 e. The number of hydrogen-bond donors (Lipinski definition) is 2. The van der Waals surface area contributed by atoms with Crippen LogP contribution in [0.3, 0.4) is 0 Å². The van der Waals surface area contributed by atoms with Crippen molar-refractivity contribution >= 4 is 11.4 Å². The number of nitrogen functional groups attached to an aromatic ring is 2. The van der Waals surface area contributed by atoms with E-state index in [0.29, 0.717) is 0 Å². The molecule has 200 valence electrons. The lowest BCUT2D eigenvalue weighted by molar-refractivity contribution is -0.139. The minimum atomic E-state index is -5.49. The van der Waals surface area contributed by atoms with Crippen molar-refractivity contribution in [3.63, 3.8) is 0 Å². The van der Waals surface area contributed by atoms with Gasteiger partial charge in [-0.25, -0.2) is 13.2 Å². The van der Waals surface area contributed by atoms with E-state index in [-0.39, 0.29) is 36.4 Å². The highest BCUT2D eigenvalue weighted by Gasteiger charge is 2.41. The molecule has 0 aliphatic rings. The summed E-state index contributed by atoms with van der Waals surface area (Å²) in [4.78, 5) is 0. The lowest BCUT2D eigenvalue weighted by Crippen LogP contribution is -2.13. The number of rotatable bonds is 4. The first-order valence-corrected chi connectivity index (χ1v) is 9.38. The van der Waals surface area contributed by atoms with Gasteiger partial charge in [0.15, 0.2) is 11.6 Å². The van der Waals surface area contributed by atoms with Crippen LogP contribution >= 0.6 is 0 Å². The van der Waals surface area contributed by atoms with Gasteiger partial charge in [0, 0.05) is 18.2 Å². The van der Waals surface area contributed by atoms with E-state index < -0.39 is 87.0 Å². The third kappa shape index (κ3) is 5.89. The number of ether oxygens (including phenoxy) is 2. The number of benzene rings is 3. The maximum atomic E-state index is 14.5. The molecule has 0 fully saturated rings. The maximum absolute atomic E-state index is 14.5. The highest BCUT2D eigenvalue weighted by atomic mass is 19.4. The van der Waals surface area contributed by atoms with Crippen LogP contribution in [-0.4, -0.2) is 0 Å². The third-order valence-electron chi connectivity index (χ3n) is 4.54. The molecule has 0 saturated carbocycles. The largest absolute Gasteiger partial charge is 0.456 e. The fraction of sp³-hybridized carbons (Fsp3) is 0.143. The topological polar surface area (TPSA) is 70.5 Å². The second kappa shape index (κ2) is 9.15. The van der Waals surface area contributed by atoms with E-state index in [1.165, 1.54) is 0 Å². The van der Waals surface area contributed by atoms with Gasteiger partial charge in [0.1, 0.15) is 45.6 Å². The molecular formula is C21H10F12N2O2. The van der Waals surface area contributed by atoms with Gasteiger partial charge in [0.2, 0.25) is 0 Å². The van der Waals surface area contributed by atoms with Gasteiger partial charge in [-0.2, -0.15) is 39.5 Å². The van der Waals surface area contributed by atoms with Gasteiger partial charge in [-0.15, -0.1) is 0 Å². The Labute approximate surface area is 198 Å². The number of halogens is 12. The van der Waals surface area contributed by atoms with Gasteiger partial charge in [-0.05, 0) is 18.2 Å². The van der Waals surface area contributed by atoms with Crippen molar-refractivity contribution in [1.82, 2.24) is 0 Å². The molecule has 0 saturated heterocycles. The molecule has 3 rings (SSSR count). The van der Waals surface area contributed by atoms with Gasteiger partial charge < -0.3 is 20.9 Å². The molecule has 0 heterocycles. The Morgan fingerprint density at radius 3 is 1.27 bits per heavy atom. The van der Waals surface area contributed by atoms with E-state index in [1.807, 2.05) is 0 Å². The summed E-state index contributed by atoms with van der Waals surface area (Å²) in [6.45, 7) is 0. The zero-order chi connectivity index (χ0) is 28.1. The van der Waals surface area contributed by atoms with E-state index in [4.69, 9.17) is 11.5 Å². The van der Waals surface area contributed by atoms with Crippen LogP contribution in [0, 0.1) is 17.5 Å². The molecule has 0 atom stereocenters. The first kappa shape index (κ1) is 27.6. The Kier molecular flexibility index (Phi) is 6.83. The summed E-state index contributed by atoms with van der Waals surface area (Å²) in [5.41, 5.74) is 1.99. The summed E-state index contributed by atoms with van der Waals surface area (Å²) in [5, 5.41) is 0. The van der Waals surface area contributed by atoms with Crippen LogP contribution in [-0.2, 0) is 18.5 Å². The standard InChI is InChI=1S/C21H10F12N2O2/c22-7-1-11(34)17(20(28,29)30)15(3-7)36-13-6-14(10(24)5-9(13)19(25,26)27)37-16-4-8(23)2-12(35)18(16)21(31,32)33/h1-6H,34-35H2. The Morgan fingerprint density at radius 1 is 0.486 bits per heavy atom. The lowest BCUT2D eigenvalue weighted by Gasteiger charge is -2.20. The van der Waals surface area contributed by atoms with Gasteiger partial charge >= 0.3 is 18.5 Å². The van der Waals surface area contributed by atoms with E-state index >= 15 is 0 Å². The van der Waals surface area contributed by atoms with E-state index in [2.05, 4.69) is 9.47 Å². The summed E-state index contributed by atoms with van der Waals surface area (Å²) in [7, 11) is 0. The molecule has 0 unspecified atom stereocenters. The van der Waals surface area contributed by atoms with Crippen LogP contribution < -0.4 is 20.9 Å². The van der Waals surface area contributed by atoms with Gasteiger partial charge in [-0.1, -0.05) is 0 Å². The molecule has 3 aromatic carbocycles. The van der Waals surface area contributed by atoms with Crippen LogP contribution in [0.25, 0.3) is 0 Å². The van der Waals surface area contributed by atoms with Crippen molar-refractivity contribution < 1.29 is 62.2 Å². The summed E-state index contributed by atoms with van der Waals surface area (Å²) >= 11 is 0. The van der Waals surface area contributed by atoms with Crippen LogP contribution in [0.15, 0.2) is 36.4 Å². The van der Waals surface area contributed by atoms with Gasteiger partial charge in [0.25, 0.3) is 0 Å². The monoisotopic (exact) mass is 550 g/mol. The second-order valence-electron chi connectivity index (χ2n) is 7.21. The lowest BCUT2D eigenvalue weighted by atomic mass is 10.1. The van der Waals surface area contributed by atoms with Gasteiger partial charge in [0.05, 0.1) is 11.4 Å². The van der Waals surface area contributed by atoms with Crippen molar-refractivity contribution in [1.29, 1.82) is 0 Å². The third-order valence-corrected chi connectivity index (χ3v) is 4.54. The highest BCUT2D eigenvalue weighted by Crippen LogP contribution is 2.48. The molecule has 0 bridgehead atoms. The quantitative estimate of drug-likeness (QED) is 0.256. The first-order valence-electron chi connectivity index (χ1n) is 9.38. The molecule has 16 heteroatoms. The molecule has 0 aromatic heterocycles. The predicted molar refractivity (Wildman–Crippen MR) is 103 cm³/mol. The first-order chi connectivity index (χ1) is 16.8. The highest BCUT2D eigenvalue weighted by molar-refractivity contribution is 5.60. The number of hydrogen-bond acceptors (Lipinski definition) is 4. The summed E-state index contributed by atoms with van der Waals surface area (Å²) in [6, 6.07) is 0.133. The minimum Gasteiger partial charge on any atom is -0.456 e. The molecule has 0 aliphatic heterocycles. The average Bonchev–Trinajstić information content (AvgIpc) is 2.66. The molecule has 0 spiro atoms. The summed E-state index contributed by atoms with van der Waals surface area (Å²) in [6.07, 6.45) is -16.2. The molecule has 4 N–H and O–H groups in total. The molecular weight excluding hydrogens is 540 g/mol. The molecule has 0 amide bonds. The van der Waals surface area contributed by atoms with Crippen LogP contribution in [0.2, 0.25) is 0 Å². The van der Waals surface area contributed by atoms with Crippen LogP contribution in [0.4, 0.5) is 64.1 Å². The molecule has 0 radical (unpaired) electrons. The van der Waals surface area contributed by atoms with E-state index in [9.17, 15) is 52.7 Å². The van der Waals surface area contributed by atoms with Crippen molar-refractivity contribution in [2.24, 2.45) is 0 Å². The summed E-state index contributed by atoms with van der Waals surface area (Å²) in [5.74, 6) is -11.0. The fourth-order valence-corrected chi connectivity index (χ4v) is 3.13. The smallest absolute Gasteiger partial charge is 0.421 e. The molecule has 37 heavy (non-hydrogen) atoms. The molecule has 3 aromatic rings. The molecule has 4 nitrogen and oxygen atoms in total. The number of nitrogens with two attached hydrogens (primary N) is 2. The zero-order valence-corrected chi connectivity index (χ0v) is 17.5. The second-order valence-corrected chi connectivity index (χ2v) is 7.21. The SMILES string of the molecule is Nc1cc(F)cc(Oc2cc(Oc3cc(F)cc(N)c3C(F)(F)F)c(C(F)(F)F)cc2F)c1C(F)(F)F. The van der Waals surface area contributed by atoms with Crippen LogP contribution in [0.5, 0.6) is 23.0 Å². The predicted octanol–water partition coefficient (Wildman–Crippen LogP) is 7.91. The average molecular weight is 550 g/mol. The Balaban J connectivity index is 2.23. The Morgan fingerprint density at radius 2 is 0.892 bits per heavy atom. The van der Waals surface area contributed by atoms with Crippen LogP contribution in [0.1, 0.15) is 16.7 Å². The van der Waals surface area contributed by atoms with Crippen molar-refractivity contribution in [2.75, 3.05) is 11.5 Å².